The SMILES string of the molecule is CCCC/C(C)=C/C=C(\C)C(=O)c1c(O)cc(C(C)CC/C=C/NC(=O)OCCN2CCOCC2)oc1=O. The minimum Gasteiger partial charge on any atom is -0.507 e. The second-order valence-electron chi connectivity index (χ2n) is 9.61. The van der Waals surface area contributed by atoms with Gasteiger partial charge in [-0.2, -0.15) is 0 Å². The maximum Gasteiger partial charge on any atom is 0.411 e. The van der Waals surface area contributed by atoms with Crippen molar-refractivity contribution >= 4 is 11.9 Å². The number of hydrogen-bond donors (Lipinski definition) is 2. The number of alkyl carbamates (subject to hydrolysis) is 1. The molecule has 9 nitrogen and oxygen atoms in total. The molecule has 0 spiro atoms. The predicted molar refractivity (Wildman–Crippen MR) is 147 cm³/mol. The van der Waals surface area contributed by atoms with Gasteiger partial charge >= 0.3 is 11.7 Å². The molecule has 0 aliphatic carbocycles. The lowest BCUT2D eigenvalue weighted by Crippen LogP contribution is -2.38. The van der Waals surface area contributed by atoms with E-state index in [1.54, 1.807) is 19.1 Å². The van der Waals surface area contributed by atoms with Gasteiger partial charge in [0.05, 0.1) is 13.2 Å². The van der Waals surface area contributed by atoms with E-state index in [9.17, 15) is 19.5 Å². The maximum atomic E-state index is 12.8. The molecule has 0 aromatic carbocycles. The van der Waals surface area contributed by atoms with Gasteiger partial charge in [-0.15, -0.1) is 0 Å². The first-order valence-corrected chi connectivity index (χ1v) is 13.4. The average molecular weight is 531 g/mol. The number of aromatic hydroxyl groups is 1. The topological polar surface area (TPSA) is 118 Å². The van der Waals surface area contributed by atoms with Crippen LogP contribution in [0.5, 0.6) is 5.75 Å². The Bertz CT molecular complexity index is 1070. The van der Waals surface area contributed by atoms with Crippen LogP contribution in [0.2, 0.25) is 0 Å². The van der Waals surface area contributed by atoms with E-state index >= 15 is 0 Å². The van der Waals surface area contributed by atoms with Crippen LogP contribution in [0.15, 0.2) is 50.9 Å². The molecule has 2 heterocycles. The van der Waals surface area contributed by atoms with Gasteiger partial charge in [0.15, 0.2) is 5.78 Å². The number of carbonyl (C=O) groups is 2. The third-order valence-electron chi connectivity index (χ3n) is 6.39. The lowest BCUT2D eigenvalue weighted by Gasteiger charge is -2.26. The van der Waals surface area contributed by atoms with Crippen LogP contribution in [0.4, 0.5) is 4.79 Å². The molecule has 1 aromatic heterocycles. The van der Waals surface area contributed by atoms with Crippen LogP contribution >= 0.6 is 0 Å². The maximum absolute atomic E-state index is 12.8. The number of Topliss-reactive ketones (excluding diaryl/α,β-unsaturated/α-hetero) is 1. The van der Waals surface area contributed by atoms with E-state index in [1.807, 2.05) is 19.9 Å². The lowest BCUT2D eigenvalue weighted by molar-refractivity contribution is 0.0283. The molecule has 0 radical (unpaired) electrons. The summed E-state index contributed by atoms with van der Waals surface area (Å²) in [6, 6.07) is 1.34. The number of allylic oxidation sites excluding steroid dienone is 5. The first-order chi connectivity index (χ1) is 18.2. The number of ketones is 1. The molecule has 1 aliphatic heterocycles. The summed E-state index contributed by atoms with van der Waals surface area (Å²) in [5.41, 5.74) is 0.282. The van der Waals surface area contributed by atoms with Gasteiger partial charge in [0.1, 0.15) is 23.7 Å². The minimum absolute atomic E-state index is 0.191. The zero-order chi connectivity index (χ0) is 27.9. The Morgan fingerprint density at radius 3 is 2.66 bits per heavy atom. The minimum atomic E-state index is -0.853. The van der Waals surface area contributed by atoms with Crippen molar-refractivity contribution in [2.75, 3.05) is 39.5 Å². The second-order valence-corrected chi connectivity index (χ2v) is 9.61. The summed E-state index contributed by atoms with van der Waals surface area (Å²) in [5.74, 6) is -0.834. The summed E-state index contributed by atoms with van der Waals surface area (Å²) < 4.78 is 15.8. The highest BCUT2D eigenvalue weighted by Gasteiger charge is 2.22. The fraction of sp³-hybridized carbons (Fsp3) is 0.552. The Hall–Kier alpha value is -3.17. The van der Waals surface area contributed by atoms with Gasteiger partial charge in [-0.1, -0.05) is 44.1 Å². The number of amides is 1. The number of morpholine rings is 1. The van der Waals surface area contributed by atoms with Crippen molar-refractivity contribution in [1.29, 1.82) is 0 Å². The van der Waals surface area contributed by atoms with Crippen molar-refractivity contribution in [3.63, 3.8) is 0 Å². The quantitative estimate of drug-likeness (QED) is 0.195. The van der Waals surface area contributed by atoms with Crippen LogP contribution in [-0.4, -0.2) is 61.3 Å². The molecule has 1 aromatic rings. The number of unbranched alkanes of at least 4 members (excludes halogenated alkanes) is 1. The van der Waals surface area contributed by atoms with Gasteiger partial charge < -0.3 is 19.0 Å². The van der Waals surface area contributed by atoms with E-state index in [-0.39, 0.29) is 17.2 Å². The highest BCUT2D eigenvalue weighted by Crippen LogP contribution is 2.26. The van der Waals surface area contributed by atoms with Gasteiger partial charge in [0, 0.05) is 37.8 Å². The number of carbonyl (C=O) groups excluding carboxylic acids is 2. The third-order valence-corrected chi connectivity index (χ3v) is 6.39. The summed E-state index contributed by atoms with van der Waals surface area (Å²) in [4.78, 5) is 39.3. The molecule has 1 atom stereocenters. The van der Waals surface area contributed by atoms with Crippen LogP contribution in [0, 0.1) is 0 Å². The smallest absolute Gasteiger partial charge is 0.411 e. The Morgan fingerprint density at radius 2 is 1.97 bits per heavy atom. The molecular weight excluding hydrogens is 488 g/mol. The molecular formula is C29H42N2O7. The van der Waals surface area contributed by atoms with Crippen molar-refractivity contribution in [3.8, 4) is 5.75 Å². The van der Waals surface area contributed by atoms with E-state index in [0.29, 0.717) is 50.5 Å². The third kappa shape index (κ3) is 10.7. The van der Waals surface area contributed by atoms with Gasteiger partial charge in [0.2, 0.25) is 0 Å². The zero-order valence-electron chi connectivity index (χ0n) is 23.1. The van der Waals surface area contributed by atoms with Crippen LogP contribution in [-0.2, 0) is 9.47 Å². The molecule has 1 fully saturated rings. The van der Waals surface area contributed by atoms with E-state index in [4.69, 9.17) is 13.9 Å². The highest BCUT2D eigenvalue weighted by molar-refractivity contribution is 6.09. The first kappa shape index (κ1) is 31.1. The Balaban J connectivity index is 1.83. The average Bonchev–Trinajstić information content (AvgIpc) is 2.90. The molecule has 210 valence electrons. The van der Waals surface area contributed by atoms with E-state index in [0.717, 1.165) is 37.9 Å². The van der Waals surface area contributed by atoms with E-state index in [2.05, 4.69) is 17.1 Å². The summed E-state index contributed by atoms with van der Waals surface area (Å²) in [6.45, 7) is 11.6. The summed E-state index contributed by atoms with van der Waals surface area (Å²) in [5, 5.41) is 13.0. The fourth-order valence-corrected chi connectivity index (χ4v) is 3.86. The van der Waals surface area contributed by atoms with Crippen molar-refractivity contribution < 1.29 is 28.6 Å². The Labute approximate surface area is 225 Å². The summed E-state index contributed by atoms with van der Waals surface area (Å²) in [7, 11) is 0. The van der Waals surface area contributed by atoms with Gasteiger partial charge in [-0.3, -0.25) is 15.0 Å². The molecule has 1 aliphatic rings. The number of ether oxygens (including phenoxy) is 2. The van der Waals surface area contributed by atoms with E-state index < -0.39 is 17.5 Å². The van der Waals surface area contributed by atoms with Crippen molar-refractivity contribution in [3.05, 3.63) is 63.4 Å². The largest absolute Gasteiger partial charge is 0.507 e. The van der Waals surface area contributed by atoms with Crippen LogP contribution < -0.4 is 10.9 Å². The molecule has 1 saturated heterocycles. The normalized spacial score (nSPS) is 16.0. The fourth-order valence-electron chi connectivity index (χ4n) is 3.86. The lowest BCUT2D eigenvalue weighted by atomic mass is 9.99. The number of nitrogens with zero attached hydrogens (tertiary/aromatic N) is 1. The molecule has 0 bridgehead atoms. The van der Waals surface area contributed by atoms with Gasteiger partial charge in [-0.25, -0.2) is 9.59 Å². The molecule has 2 rings (SSSR count). The summed E-state index contributed by atoms with van der Waals surface area (Å²) >= 11 is 0. The molecule has 2 N–H and O–H groups in total. The number of hydrogen-bond acceptors (Lipinski definition) is 8. The van der Waals surface area contributed by atoms with Crippen LogP contribution in [0.1, 0.15) is 81.8 Å². The number of nitrogens with one attached hydrogen (secondary N) is 1. The predicted octanol–water partition coefficient (Wildman–Crippen LogP) is 5.07. The second kappa shape index (κ2) is 16.6. The monoisotopic (exact) mass is 530 g/mol. The molecule has 0 saturated carbocycles. The van der Waals surface area contributed by atoms with E-state index in [1.165, 1.54) is 12.3 Å². The van der Waals surface area contributed by atoms with Gasteiger partial charge in [0.25, 0.3) is 0 Å². The zero-order valence-corrected chi connectivity index (χ0v) is 23.1. The van der Waals surface area contributed by atoms with Crippen molar-refractivity contribution in [1.82, 2.24) is 10.2 Å². The van der Waals surface area contributed by atoms with Crippen molar-refractivity contribution in [2.24, 2.45) is 0 Å². The summed E-state index contributed by atoms with van der Waals surface area (Å²) in [6.07, 6.45) is 10.6. The van der Waals surface area contributed by atoms with Crippen LogP contribution in [0.3, 0.4) is 0 Å². The standard InChI is InChI=1S/C29H42N2O7/c1-5-6-9-21(2)11-12-23(4)27(33)26-24(32)20-25(38-28(26)34)22(3)10-7-8-13-30-29(35)37-19-16-31-14-17-36-18-15-31/h8,11-13,20,22,32H,5-7,9-10,14-19H2,1-4H3,(H,30,35)/b13-8+,21-11+,23-12+. The Morgan fingerprint density at radius 1 is 1.24 bits per heavy atom. The number of rotatable bonds is 14. The molecule has 1 amide bonds. The molecule has 1 unspecified atom stereocenters. The van der Waals surface area contributed by atoms with Crippen molar-refractivity contribution in [2.45, 2.75) is 65.7 Å². The van der Waals surface area contributed by atoms with Crippen LogP contribution in [0.25, 0.3) is 0 Å². The Kier molecular flexibility index (Phi) is 13.6. The van der Waals surface area contributed by atoms with Gasteiger partial charge in [-0.05, 0) is 45.1 Å². The highest BCUT2D eigenvalue weighted by atomic mass is 16.5. The first-order valence-electron chi connectivity index (χ1n) is 13.4. The molecule has 38 heavy (non-hydrogen) atoms. The molecule has 9 heteroatoms.